The molecule has 0 saturated carbocycles. The molecule has 0 unspecified atom stereocenters. The lowest BCUT2D eigenvalue weighted by atomic mass is 9.74. The van der Waals surface area contributed by atoms with Gasteiger partial charge in [-0.3, -0.25) is 4.90 Å². The first kappa shape index (κ1) is 18.2. The molecule has 6 nitrogen and oxygen atoms in total. The largest absolute Gasteiger partial charge is 0.494 e. The van der Waals surface area contributed by atoms with Crippen LogP contribution in [0.4, 0.5) is 0 Å². The average Bonchev–Trinajstić information content (AvgIpc) is 3.46. The van der Waals surface area contributed by atoms with Crippen LogP contribution in [0.25, 0.3) is 0 Å². The molecule has 0 amide bonds. The molecule has 5 rings (SSSR count). The molecular formula is C22H29N3O3. The van der Waals surface area contributed by atoms with E-state index in [1.54, 1.807) is 6.20 Å². The molecule has 4 atom stereocenters. The van der Waals surface area contributed by atoms with E-state index < -0.39 is 0 Å². The summed E-state index contributed by atoms with van der Waals surface area (Å²) < 4.78 is 14.4. The number of ether oxygens (including phenoxy) is 2. The Hall–Kier alpha value is -1.89. The Balaban J connectivity index is 1.15. The highest BCUT2D eigenvalue weighted by molar-refractivity contribution is 5.29. The van der Waals surface area contributed by atoms with Crippen molar-refractivity contribution in [1.29, 1.82) is 0 Å². The molecule has 3 aliphatic heterocycles. The van der Waals surface area contributed by atoms with Crippen molar-refractivity contribution in [1.82, 2.24) is 14.5 Å². The second kappa shape index (κ2) is 7.50. The molecule has 3 fully saturated rings. The molecule has 1 spiro atoms. The molecule has 2 bridgehead atoms. The SMILES string of the molecule is OC[C@H]1[C@@H]2CC[C@@]3(CN(Cc4cccc(OCCCn5ccnc5)c4)C[C@@H]13)O2. The van der Waals surface area contributed by atoms with Gasteiger partial charge in [-0.15, -0.1) is 0 Å². The third kappa shape index (κ3) is 3.34. The van der Waals surface area contributed by atoms with E-state index in [1.807, 2.05) is 18.6 Å². The number of hydrogen-bond acceptors (Lipinski definition) is 5. The first-order valence-electron chi connectivity index (χ1n) is 10.4. The van der Waals surface area contributed by atoms with Crippen molar-refractivity contribution in [3.8, 4) is 5.75 Å². The summed E-state index contributed by atoms with van der Waals surface area (Å²) in [5.41, 5.74) is 1.28. The smallest absolute Gasteiger partial charge is 0.119 e. The Labute approximate surface area is 166 Å². The van der Waals surface area contributed by atoms with Crippen LogP contribution in [0.2, 0.25) is 0 Å². The molecule has 2 aromatic rings. The standard InChI is InChI=1S/C22H29N3O3/c26-14-19-20-13-25(15-22(20)6-5-21(19)28-22)12-17-3-1-4-18(11-17)27-10-2-8-24-9-7-23-16-24/h1,3-4,7,9,11,16,19-21,26H,2,5-6,8,10,12-15H2/t19-,20+,21+,22+/m1/s1. The van der Waals surface area contributed by atoms with Gasteiger partial charge in [0.2, 0.25) is 0 Å². The maximum Gasteiger partial charge on any atom is 0.119 e. The molecule has 28 heavy (non-hydrogen) atoms. The third-order valence-electron chi connectivity index (χ3n) is 6.76. The topological polar surface area (TPSA) is 59.8 Å². The van der Waals surface area contributed by atoms with Gasteiger partial charge in [0, 0.05) is 57.0 Å². The van der Waals surface area contributed by atoms with Crippen LogP contribution in [0.1, 0.15) is 24.8 Å². The molecule has 0 radical (unpaired) electrons. The van der Waals surface area contributed by atoms with Gasteiger partial charge < -0.3 is 19.1 Å². The second-order valence-corrected chi connectivity index (χ2v) is 8.53. The molecule has 4 heterocycles. The van der Waals surface area contributed by atoms with Crippen molar-refractivity contribution in [2.75, 3.05) is 26.3 Å². The summed E-state index contributed by atoms with van der Waals surface area (Å²) in [5.74, 6) is 1.74. The van der Waals surface area contributed by atoms with E-state index in [2.05, 4.69) is 32.7 Å². The van der Waals surface area contributed by atoms with Crippen LogP contribution in [0, 0.1) is 11.8 Å². The van der Waals surface area contributed by atoms with Gasteiger partial charge in [0.05, 0.1) is 24.6 Å². The predicted octanol–water partition coefficient (Wildman–Crippen LogP) is 2.32. The number of aromatic nitrogens is 2. The van der Waals surface area contributed by atoms with Crippen LogP contribution in [0.3, 0.4) is 0 Å². The number of fused-ring (bicyclic) bond motifs is 1. The monoisotopic (exact) mass is 383 g/mol. The van der Waals surface area contributed by atoms with E-state index in [-0.39, 0.29) is 18.3 Å². The molecule has 1 aromatic heterocycles. The molecule has 3 aliphatic rings. The summed E-state index contributed by atoms with van der Waals surface area (Å²) in [7, 11) is 0. The highest BCUT2D eigenvalue weighted by atomic mass is 16.5. The number of hydrogen-bond donors (Lipinski definition) is 1. The molecular weight excluding hydrogens is 354 g/mol. The van der Waals surface area contributed by atoms with Gasteiger partial charge in [-0.2, -0.15) is 0 Å². The minimum absolute atomic E-state index is 0.000500. The number of nitrogens with zero attached hydrogens (tertiary/aromatic N) is 3. The van der Waals surface area contributed by atoms with E-state index in [0.717, 1.165) is 51.2 Å². The van der Waals surface area contributed by atoms with E-state index in [9.17, 15) is 5.11 Å². The van der Waals surface area contributed by atoms with Crippen molar-refractivity contribution in [3.63, 3.8) is 0 Å². The number of aryl methyl sites for hydroxylation is 1. The van der Waals surface area contributed by atoms with E-state index >= 15 is 0 Å². The normalized spacial score (nSPS) is 31.4. The first-order chi connectivity index (χ1) is 13.8. The summed E-state index contributed by atoms with van der Waals surface area (Å²) in [6.45, 7) is 4.80. The molecule has 3 saturated heterocycles. The fourth-order valence-electron chi connectivity index (χ4n) is 5.50. The van der Waals surface area contributed by atoms with Crippen LogP contribution in [0.15, 0.2) is 43.0 Å². The minimum atomic E-state index is -0.000500. The van der Waals surface area contributed by atoms with Crippen molar-refractivity contribution >= 4 is 0 Å². The summed E-state index contributed by atoms with van der Waals surface area (Å²) in [6.07, 6.45) is 9.12. The van der Waals surface area contributed by atoms with Crippen molar-refractivity contribution in [2.45, 2.75) is 44.1 Å². The molecule has 1 N–H and O–H groups in total. The molecule has 6 heteroatoms. The zero-order chi connectivity index (χ0) is 19.0. The quantitative estimate of drug-likeness (QED) is 0.709. The van der Waals surface area contributed by atoms with Crippen molar-refractivity contribution in [2.24, 2.45) is 11.8 Å². The van der Waals surface area contributed by atoms with Gasteiger partial charge in [-0.1, -0.05) is 12.1 Å². The Morgan fingerprint density at radius 1 is 1.36 bits per heavy atom. The Kier molecular flexibility index (Phi) is 4.87. The van der Waals surface area contributed by atoms with Crippen LogP contribution in [-0.4, -0.2) is 57.6 Å². The summed E-state index contributed by atoms with van der Waals surface area (Å²) in [5, 5.41) is 9.79. The van der Waals surface area contributed by atoms with Gasteiger partial charge in [0.15, 0.2) is 0 Å². The van der Waals surface area contributed by atoms with E-state index in [4.69, 9.17) is 9.47 Å². The first-order valence-corrected chi connectivity index (χ1v) is 10.4. The van der Waals surface area contributed by atoms with Crippen molar-refractivity contribution in [3.05, 3.63) is 48.5 Å². The molecule has 150 valence electrons. The van der Waals surface area contributed by atoms with Crippen molar-refractivity contribution < 1.29 is 14.6 Å². The fourth-order valence-corrected chi connectivity index (χ4v) is 5.50. The van der Waals surface area contributed by atoms with Crippen LogP contribution in [-0.2, 0) is 17.8 Å². The van der Waals surface area contributed by atoms with Gasteiger partial charge in [0.25, 0.3) is 0 Å². The predicted molar refractivity (Wildman–Crippen MR) is 105 cm³/mol. The highest BCUT2D eigenvalue weighted by Crippen LogP contribution is 2.54. The third-order valence-corrected chi connectivity index (χ3v) is 6.76. The number of likely N-dealkylation sites (tertiary alicyclic amines) is 1. The Morgan fingerprint density at radius 2 is 2.32 bits per heavy atom. The maximum absolute atomic E-state index is 9.79. The van der Waals surface area contributed by atoms with Gasteiger partial charge >= 0.3 is 0 Å². The number of imidazole rings is 1. The summed E-state index contributed by atoms with van der Waals surface area (Å²) in [6, 6.07) is 8.44. The van der Waals surface area contributed by atoms with Gasteiger partial charge in [0.1, 0.15) is 5.75 Å². The Bertz CT molecular complexity index is 796. The zero-order valence-electron chi connectivity index (χ0n) is 16.2. The lowest BCUT2D eigenvalue weighted by Gasteiger charge is -2.28. The van der Waals surface area contributed by atoms with Crippen LogP contribution in [0.5, 0.6) is 5.75 Å². The van der Waals surface area contributed by atoms with Gasteiger partial charge in [-0.25, -0.2) is 4.98 Å². The van der Waals surface area contributed by atoms with Gasteiger partial charge in [-0.05, 0) is 37.0 Å². The maximum atomic E-state index is 9.79. The summed E-state index contributed by atoms with van der Waals surface area (Å²) in [4.78, 5) is 6.55. The molecule has 0 aliphatic carbocycles. The fraction of sp³-hybridized carbons (Fsp3) is 0.591. The number of aliphatic hydroxyl groups excluding tert-OH is 1. The zero-order valence-corrected chi connectivity index (χ0v) is 16.2. The van der Waals surface area contributed by atoms with Crippen LogP contribution < -0.4 is 4.74 Å². The van der Waals surface area contributed by atoms with Crippen LogP contribution >= 0.6 is 0 Å². The minimum Gasteiger partial charge on any atom is -0.494 e. The number of aliphatic hydroxyl groups is 1. The van der Waals surface area contributed by atoms with E-state index in [0.29, 0.717) is 18.4 Å². The lowest BCUT2D eigenvalue weighted by Crippen LogP contribution is -2.37. The average molecular weight is 383 g/mol. The number of rotatable bonds is 8. The highest BCUT2D eigenvalue weighted by Gasteiger charge is 2.62. The summed E-state index contributed by atoms with van der Waals surface area (Å²) >= 11 is 0. The Morgan fingerprint density at radius 3 is 3.18 bits per heavy atom. The van der Waals surface area contributed by atoms with E-state index in [1.165, 1.54) is 5.56 Å². The molecule has 1 aromatic carbocycles. The second-order valence-electron chi connectivity index (χ2n) is 8.53. The lowest BCUT2D eigenvalue weighted by molar-refractivity contribution is 0.000379. The number of benzene rings is 1.